The van der Waals surface area contributed by atoms with Gasteiger partial charge in [-0.1, -0.05) is 23.8 Å². The van der Waals surface area contributed by atoms with E-state index in [1.807, 2.05) is 6.08 Å². The van der Waals surface area contributed by atoms with E-state index >= 15 is 0 Å². The first-order chi connectivity index (χ1) is 14.9. The number of rotatable bonds is 1. The van der Waals surface area contributed by atoms with Crippen molar-refractivity contribution in [1.82, 2.24) is 9.80 Å². The second-order valence-corrected chi connectivity index (χ2v) is 10.5. The second kappa shape index (κ2) is 6.58. The van der Waals surface area contributed by atoms with Crippen molar-refractivity contribution in [1.29, 1.82) is 0 Å². The number of hydrogen-bond acceptors (Lipinski definition) is 5. The molecule has 5 rings (SSSR count). The summed E-state index contributed by atoms with van der Waals surface area (Å²) < 4.78 is 0. The Morgan fingerprint density at radius 2 is 1.69 bits per heavy atom. The number of imide groups is 2. The van der Waals surface area contributed by atoms with Crippen LogP contribution in [0, 0.1) is 24.7 Å². The zero-order chi connectivity index (χ0) is 23.3. The van der Waals surface area contributed by atoms with Crippen LogP contribution in [0.25, 0.3) is 0 Å². The number of carbonyl (C=O) groups excluding carboxylic acids is 4. The van der Waals surface area contributed by atoms with E-state index in [4.69, 9.17) is 23.2 Å². The van der Waals surface area contributed by atoms with E-state index in [0.717, 1.165) is 15.4 Å². The minimum absolute atomic E-state index is 0.0135. The van der Waals surface area contributed by atoms with Crippen LogP contribution in [0.1, 0.15) is 29.9 Å². The van der Waals surface area contributed by atoms with Gasteiger partial charge in [0.25, 0.3) is 11.8 Å². The van der Waals surface area contributed by atoms with E-state index in [9.17, 15) is 24.3 Å². The second-order valence-electron chi connectivity index (χ2n) is 9.28. The molecule has 9 heteroatoms. The summed E-state index contributed by atoms with van der Waals surface area (Å²) in [6.45, 7) is 1.72. The predicted octanol–water partition coefficient (Wildman–Crippen LogP) is 2.32. The molecule has 1 aromatic rings. The van der Waals surface area contributed by atoms with Crippen LogP contribution < -0.4 is 0 Å². The molecule has 7 nitrogen and oxygen atoms in total. The third-order valence-corrected chi connectivity index (χ3v) is 9.20. The topological polar surface area (TPSA) is 95.0 Å². The Kier molecular flexibility index (Phi) is 4.41. The Morgan fingerprint density at radius 3 is 2.34 bits per heavy atom. The average Bonchev–Trinajstić information content (AvgIpc) is 3.05. The fourth-order valence-electron chi connectivity index (χ4n) is 6.13. The molecule has 3 fully saturated rings. The van der Waals surface area contributed by atoms with Crippen molar-refractivity contribution in [2.24, 2.45) is 17.8 Å². The fraction of sp³-hybridized carbons (Fsp3) is 0.478. The third-order valence-electron chi connectivity index (χ3n) is 7.79. The quantitative estimate of drug-likeness (QED) is 0.381. The SMILES string of the molecule is Cc1cc([C@H]2C3=CC[C@@H]4C(=O)N(C)C(=O)[C@@H]4[C@@H]3C[C@@]3(Cl)C(=O)N(C)C(=O)[C@@]23Cl)ccc1O. The lowest BCUT2D eigenvalue weighted by Gasteiger charge is -2.50. The van der Waals surface area contributed by atoms with Crippen molar-refractivity contribution < 1.29 is 24.3 Å². The summed E-state index contributed by atoms with van der Waals surface area (Å²) in [5.74, 6) is -4.14. The molecule has 0 aromatic heterocycles. The summed E-state index contributed by atoms with van der Waals surface area (Å²) in [6.07, 6.45) is 2.22. The first kappa shape index (κ1) is 21.5. The van der Waals surface area contributed by atoms with Gasteiger partial charge in [0, 0.05) is 20.0 Å². The van der Waals surface area contributed by atoms with Crippen LogP contribution in [0.4, 0.5) is 0 Å². The number of hydrogen-bond donors (Lipinski definition) is 1. The third kappa shape index (κ3) is 2.33. The molecule has 0 spiro atoms. The van der Waals surface area contributed by atoms with Crippen molar-refractivity contribution in [3.63, 3.8) is 0 Å². The van der Waals surface area contributed by atoms with Crippen molar-refractivity contribution in [3.05, 3.63) is 41.0 Å². The van der Waals surface area contributed by atoms with Crippen LogP contribution in [0.2, 0.25) is 0 Å². The summed E-state index contributed by atoms with van der Waals surface area (Å²) >= 11 is 14.1. The summed E-state index contributed by atoms with van der Waals surface area (Å²) in [4.78, 5) is 50.8. The molecular formula is C23H22Cl2N2O5. The largest absolute Gasteiger partial charge is 0.508 e. The van der Waals surface area contributed by atoms with Gasteiger partial charge < -0.3 is 5.11 Å². The van der Waals surface area contributed by atoms with Crippen LogP contribution in [0.3, 0.4) is 0 Å². The summed E-state index contributed by atoms with van der Waals surface area (Å²) in [5, 5.41) is 10.0. The molecule has 168 valence electrons. The smallest absolute Gasteiger partial charge is 0.253 e. The highest BCUT2D eigenvalue weighted by Crippen LogP contribution is 2.65. The van der Waals surface area contributed by atoms with Crippen molar-refractivity contribution >= 4 is 46.8 Å². The number of allylic oxidation sites excluding steroid dienone is 2. The van der Waals surface area contributed by atoms with Crippen LogP contribution >= 0.6 is 23.2 Å². The normalized spacial score (nSPS) is 38.6. The molecule has 1 N–H and O–H groups in total. The molecule has 2 heterocycles. The Labute approximate surface area is 194 Å². The van der Waals surface area contributed by atoms with Gasteiger partial charge >= 0.3 is 0 Å². The molecule has 0 bridgehead atoms. The lowest BCUT2D eigenvalue weighted by molar-refractivity contribution is -0.140. The predicted molar refractivity (Wildman–Crippen MR) is 116 cm³/mol. The minimum Gasteiger partial charge on any atom is -0.508 e. The number of alkyl halides is 2. The van der Waals surface area contributed by atoms with Crippen LogP contribution in [0.15, 0.2) is 29.8 Å². The highest BCUT2D eigenvalue weighted by Gasteiger charge is 2.75. The van der Waals surface area contributed by atoms with Gasteiger partial charge in [-0.15, -0.1) is 23.2 Å². The molecule has 2 aliphatic carbocycles. The average molecular weight is 477 g/mol. The zero-order valence-corrected chi connectivity index (χ0v) is 19.3. The zero-order valence-electron chi connectivity index (χ0n) is 17.8. The maximum atomic E-state index is 13.4. The number of fused-ring (bicyclic) bond motifs is 4. The first-order valence-corrected chi connectivity index (χ1v) is 11.2. The first-order valence-electron chi connectivity index (χ1n) is 10.5. The summed E-state index contributed by atoms with van der Waals surface area (Å²) in [5.41, 5.74) is 1.95. The number of amides is 4. The Bertz CT molecular complexity index is 1150. The molecule has 2 aliphatic heterocycles. The van der Waals surface area contributed by atoms with Crippen LogP contribution in [-0.4, -0.2) is 62.4 Å². The van der Waals surface area contributed by atoms with Gasteiger partial charge in [-0.25, -0.2) is 0 Å². The number of likely N-dealkylation sites (tertiary alicyclic amines) is 2. The molecule has 4 amide bonds. The molecule has 4 aliphatic rings. The van der Waals surface area contributed by atoms with E-state index in [0.29, 0.717) is 17.5 Å². The van der Waals surface area contributed by atoms with E-state index in [2.05, 4.69) is 0 Å². The molecule has 2 saturated heterocycles. The monoisotopic (exact) mass is 476 g/mol. The Hall–Kier alpha value is -2.38. The molecule has 32 heavy (non-hydrogen) atoms. The fourth-order valence-corrected chi connectivity index (χ4v) is 7.15. The number of phenolic OH excluding ortho intramolecular Hbond substituents is 1. The molecule has 0 radical (unpaired) electrons. The van der Waals surface area contributed by atoms with Gasteiger partial charge in [0.15, 0.2) is 9.75 Å². The number of benzene rings is 1. The van der Waals surface area contributed by atoms with Crippen LogP contribution in [0.5, 0.6) is 5.75 Å². The minimum atomic E-state index is -1.80. The van der Waals surface area contributed by atoms with Gasteiger partial charge in [-0.2, -0.15) is 0 Å². The number of nitrogens with zero attached hydrogens (tertiary/aromatic N) is 2. The number of phenols is 1. The van der Waals surface area contributed by atoms with Crippen molar-refractivity contribution in [2.75, 3.05) is 14.1 Å². The number of halogens is 2. The molecular weight excluding hydrogens is 455 g/mol. The van der Waals surface area contributed by atoms with Gasteiger partial charge in [0.1, 0.15) is 5.75 Å². The lowest BCUT2D eigenvalue weighted by Crippen LogP contribution is -2.60. The molecule has 1 aromatic carbocycles. The Morgan fingerprint density at radius 1 is 1.00 bits per heavy atom. The van der Waals surface area contributed by atoms with E-state index in [1.165, 1.54) is 20.2 Å². The van der Waals surface area contributed by atoms with Gasteiger partial charge in [0.2, 0.25) is 11.8 Å². The lowest BCUT2D eigenvalue weighted by atomic mass is 9.56. The van der Waals surface area contributed by atoms with Gasteiger partial charge in [-0.05, 0) is 42.9 Å². The van der Waals surface area contributed by atoms with Crippen LogP contribution in [-0.2, 0) is 19.2 Å². The number of carbonyl (C=O) groups is 4. The summed E-state index contributed by atoms with van der Waals surface area (Å²) in [7, 11) is 2.82. The van der Waals surface area contributed by atoms with E-state index in [-0.39, 0.29) is 24.0 Å². The van der Waals surface area contributed by atoms with Crippen molar-refractivity contribution in [2.45, 2.75) is 35.4 Å². The highest BCUT2D eigenvalue weighted by atomic mass is 35.5. The Balaban J connectivity index is 1.76. The number of aryl methyl sites for hydroxylation is 1. The van der Waals surface area contributed by atoms with E-state index in [1.54, 1.807) is 19.1 Å². The molecule has 6 atom stereocenters. The highest BCUT2D eigenvalue weighted by molar-refractivity contribution is 6.53. The number of aromatic hydroxyl groups is 1. The standard InChI is InChI=1S/C23H22Cl2N2O5/c1-10-8-11(4-7-15(10)28)17-12-5-6-13-16(19(30)26(2)18(13)29)14(12)9-22(24)20(31)27(3)21(32)23(17,22)25/h4-5,7-8,13-14,16-17,28H,6,9H2,1-3H3/t13-,14+,16-,17-,22+,23-/m0/s1. The van der Waals surface area contributed by atoms with Gasteiger partial charge in [-0.3, -0.25) is 29.0 Å². The molecule has 0 unspecified atom stereocenters. The summed E-state index contributed by atoms with van der Waals surface area (Å²) in [6, 6.07) is 4.90. The van der Waals surface area contributed by atoms with E-state index < -0.39 is 45.2 Å². The van der Waals surface area contributed by atoms with Crippen molar-refractivity contribution in [3.8, 4) is 5.75 Å². The van der Waals surface area contributed by atoms with Gasteiger partial charge in [0.05, 0.1) is 11.8 Å². The maximum absolute atomic E-state index is 13.4. The molecule has 1 saturated carbocycles. The maximum Gasteiger partial charge on any atom is 0.253 e.